The third kappa shape index (κ3) is 3.25. The number of rotatable bonds is 2. The first kappa shape index (κ1) is 10.9. The van der Waals surface area contributed by atoms with Gasteiger partial charge in [-0.25, -0.2) is 8.42 Å². The molecule has 1 aliphatic heterocycles. The normalized spacial score (nSPS) is 24.5. The molecule has 0 aliphatic carbocycles. The molecule has 0 bridgehead atoms. The summed E-state index contributed by atoms with van der Waals surface area (Å²) in [4.78, 5) is 0. The van der Waals surface area contributed by atoms with Crippen LogP contribution in [0.2, 0.25) is 0 Å². The number of aliphatic hydroxyl groups is 1. The summed E-state index contributed by atoms with van der Waals surface area (Å²) >= 11 is 0. The molecule has 0 spiro atoms. The molecule has 0 amide bonds. The van der Waals surface area contributed by atoms with E-state index < -0.39 is 15.6 Å². The Kier molecular flexibility index (Phi) is 2.99. The van der Waals surface area contributed by atoms with Gasteiger partial charge in [-0.05, 0) is 26.7 Å². The number of nitrogens with zero attached hydrogens (tertiary/aromatic N) is 1. The van der Waals surface area contributed by atoms with Crippen LogP contribution in [0.15, 0.2) is 0 Å². The van der Waals surface area contributed by atoms with E-state index in [9.17, 15) is 13.5 Å². The van der Waals surface area contributed by atoms with Crippen LogP contribution in [0.25, 0.3) is 0 Å². The molecule has 1 fully saturated rings. The van der Waals surface area contributed by atoms with Crippen LogP contribution >= 0.6 is 0 Å². The van der Waals surface area contributed by atoms with Crippen molar-refractivity contribution in [2.24, 2.45) is 0 Å². The Morgan fingerprint density at radius 1 is 1.38 bits per heavy atom. The van der Waals surface area contributed by atoms with Gasteiger partial charge in [-0.2, -0.15) is 4.31 Å². The Morgan fingerprint density at radius 3 is 2.46 bits per heavy atom. The van der Waals surface area contributed by atoms with E-state index in [1.165, 1.54) is 4.31 Å². The van der Waals surface area contributed by atoms with Gasteiger partial charge in [-0.15, -0.1) is 0 Å². The Labute approximate surface area is 79.6 Å². The van der Waals surface area contributed by atoms with Gasteiger partial charge in [0.15, 0.2) is 0 Å². The molecule has 5 heteroatoms. The van der Waals surface area contributed by atoms with Crippen LogP contribution in [0.1, 0.15) is 26.7 Å². The lowest BCUT2D eigenvalue weighted by atomic mass is 10.1. The molecule has 1 saturated heterocycles. The highest BCUT2D eigenvalue weighted by Crippen LogP contribution is 2.16. The second-order valence-corrected chi connectivity index (χ2v) is 6.26. The zero-order valence-corrected chi connectivity index (χ0v) is 8.97. The van der Waals surface area contributed by atoms with Gasteiger partial charge in [-0.1, -0.05) is 0 Å². The molecule has 0 radical (unpaired) electrons. The van der Waals surface area contributed by atoms with Crippen LogP contribution in [0.4, 0.5) is 0 Å². The average molecular weight is 207 g/mol. The fourth-order valence-electron chi connectivity index (χ4n) is 1.45. The third-order valence-electron chi connectivity index (χ3n) is 2.02. The van der Waals surface area contributed by atoms with Gasteiger partial charge in [0.25, 0.3) is 0 Å². The molecule has 0 saturated carbocycles. The molecular formula is C8H17NO3S. The van der Waals surface area contributed by atoms with Gasteiger partial charge in [-0.3, -0.25) is 0 Å². The first-order valence-corrected chi connectivity index (χ1v) is 6.12. The standard InChI is InChI=1S/C8H17NO3S/c1-8(2,10)7-9-5-3-4-6-13(9,11)12/h10H,3-7H2,1-2H3. The molecule has 0 aromatic carbocycles. The Hall–Kier alpha value is -0.130. The highest BCUT2D eigenvalue weighted by molar-refractivity contribution is 7.89. The zero-order chi connectivity index (χ0) is 10.1. The molecule has 0 atom stereocenters. The monoisotopic (exact) mass is 207 g/mol. The average Bonchev–Trinajstić information content (AvgIpc) is 1.91. The van der Waals surface area contributed by atoms with Crippen LogP contribution in [-0.2, 0) is 10.0 Å². The van der Waals surface area contributed by atoms with Crippen molar-refractivity contribution in [2.75, 3.05) is 18.8 Å². The Balaban J connectivity index is 2.68. The summed E-state index contributed by atoms with van der Waals surface area (Å²) in [6.45, 7) is 4.00. The Bertz CT molecular complexity index is 266. The smallest absolute Gasteiger partial charge is 0.214 e. The molecule has 13 heavy (non-hydrogen) atoms. The fourth-order valence-corrected chi connectivity index (χ4v) is 3.20. The van der Waals surface area contributed by atoms with Gasteiger partial charge in [0.1, 0.15) is 0 Å². The molecule has 0 aromatic heterocycles. The van der Waals surface area contributed by atoms with Crippen molar-refractivity contribution in [2.45, 2.75) is 32.3 Å². The molecule has 1 rings (SSSR count). The van der Waals surface area contributed by atoms with E-state index in [1.807, 2.05) is 0 Å². The van der Waals surface area contributed by atoms with Crippen molar-refractivity contribution in [3.05, 3.63) is 0 Å². The number of β-amino-alcohol motifs (C(OH)–C–C–N with tert-alkyl or cyclic N) is 1. The van der Waals surface area contributed by atoms with Crippen molar-refractivity contribution >= 4 is 10.0 Å². The highest BCUT2D eigenvalue weighted by atomic mass is 32.2. The van der Waals surface area contributed by atoms with Gasteiger partial charge in [0, 0.05) is 13.1 Å². The molecule has 1 heterocycles. The lowest BCUT2D eigenvalue weighted by Crippen LogP contribution is -2.45. The van der Waals surface area contributed by atoms with Crippen LogP contribution in [-0.4, -0.2) is 42.3 Å². The van der Waals surface area contributed by atoms with Gasteiger partial charge in [0.2, 0.25) is 10.0 Å². The van der Waals surface area contributed by atoms with E-state index in [4.69, 9.17) is 0 Å². The summed E-state index contributed by atoms with van der Waals surface area (Å²) in [5.41, 5.74) is -0.940. The number of hydrogen-bond acceptors (Lipinski definition) is 3. The molecule has 0 aromatic rings. The first-order chi connectivity index (χ1) is 5.81. The summed E-state index contributed by atoms with van der Waals surface area (Å²) in [5, 5.41) is 9.50. The van der Waals surface area contributed by atoms with Crippen molar-refractivity contribution < 1.29 is 13.5 Å². The molecule has 78 valence electrons. The maximum absolute atomic E-state index is 11.5. The van der Waals surface area contributed by atoms with Gasteiger partial charge >= 0.3 is 0 Å². The lowest BCUT2D eigenvalue weighted by molar-refractivity contribution is 0.0579. The molecule has 0 unspecified atom stereocenters. The van der Waals surface area contributed by atoms with Gasteiger partial charge < -0.3 is 5.11 Å². The van der Waals surface area contributed by atoms with Crippen molar-refractivity contribution in [3.63, 3.8) is 0 Å². The second kappa shape index (κ2) is 3.55. The predicted octanol–water partition coefficient (Wildman–Crippen LogP) is 0.183. The van der Waals surface area contributed by atoms with Gasteiger partial charge in [0.05, 0.1) is 11.4 Å². The van der Waals surface area contributed by atoms with Crippen LogP contribution in [0.3, 0.4) is 0 Å². The van der Waals surface area contributed by atoms with E-state index in [0.717, 1.165) is 12.8 Å². The molecule has 1 N–H and O–H groups in total. The lowest BCUT2D eigenvalue weighted by Gasteiger charge is -2.31. The predicted molar refractivity (Wildman–Crippen MR) is 50.9 cm³/mol. The Morgan fingerprint density at radius 2 is 2.00 bits per heavy atom. The van der Waals surface area contributed by atoms with Crippen LogP contribution in [0, 0.1) is 0 Å². The minimum absolute atomic E-state index is 0.204. The maximum atomic E-state index is 11.5. The third-order valence-corrected chi connectivity index (χ3v) is 3.92. The van der Waals surface area contributed by atoms with E-state index in [1.54, 1.807) is 13.8 Å². The number of sulfonamides is 1. The van der Waals surface area contributed by atoms with Crippen LogP contribution < -0.4 is 0 Å². The van der Waals surface area contributed by atoms with Crippen molar-refractivity contribution in [1.82, 2.24) is 4.31 Å². The molecule has 1 aliphatic rings. The second-order valence-electron chi connectivity index (χ2n) is 4.17. The minimum atomic E-state index is -3.08. The quantitative estimate of drug-likeness (QED) is 0.703. The molecule has 4 nitrogen and oxygen atoms in total. The summed E-state index contributed by atoms with van der Waals surface area (Å²) in [6, 6.07) is 0. The van der Waals surface area contributed by atoms with Crippen molar-refractivity contribution in [1.29, 1.82) is 0 Å². The van der Waals surface area contributed by atoms with E-state index in [0.29, 0.717) is 6.54 Å². The maximum Gasteiger partial charge on any atom is 0.214 e. The highest BCUT2D eigenvalue weighted by Gasteiger charge is 2.29. The summed E-state index contributed by atoms with van der Waals surface area (Å²) in [7, 11) is -3.08. The SMILES string of the molecule is CC(C)(O)CN1CCCCS1(=O)=O. The van der Waals surface area contributed by atoms with E-state index in [2.05, 4.69) is 0 Å². The summed E-state index contributed by atoms with van der Waals surface area (Å²) in [5.74, 6) is 0.225. The summed E-state index contributed by atoms with van der Waals surface area (Å²) in [6.07, 6.45) is 1.64. The molecular weight excluding hydrogens is 190 g/mol. The fraction of sp³-hybridized carbons (Fsp3) is 1.00. The van der Waals surface area contributed by atoms with E-state index in [-0.39, 0.29) is 12.3 Å². The van der Waals surface area contributed by atoms with Crippen LogP contribution in [0.5, 0.6) is 0 Å². The number of hydrogen-bond donors (Lipinski definition) is 1. The zero-order valence-electron chi connectivity index (χ0n) is 8.15. The van der Waals surface area contributed by atoms with Crippen molar-refractivity contribution in [3.8, 4) is 0 Å². The summed E-state index contributed by atoms with van der Waals surface area (Å²) < 4.78 is 24.3. The first-order valence-electron chi connectivity index (χ1n) is 4.51. The minimum Gasteiger partial charge on any atom is -0.389 e. The largest absolute Gasteiger partial charge is 0.389 e. The topological polar surface area (TPSA) is 57.6 Å². The van der Waals surface area contributed by atoms with E-state index >= 15 is 0 Å².